The van der Waals surface area contributed by atoms with Crippen molar-refractivity contribution >= 4 is 10.8 Å². The number of hydrogen-bond donors (Lipinski definition) is 0. The summed E-state index contributed by atoms with van der Waals surface area (Å²) in [6, 6.07) is 15.4. The Morgan fingerprint density at radius 2 is 2.00 bits per heavy atom. The number of ether oxygens (including phenoxy) is 1. The van der Waals surface area contributed by atoms with E-state index in [1.807, 2.05) is 31.2 Å². The van der Waals surface area contributed by atoms with Gasteiger partial charge in [0.1, 0.15) is 5.75 Å². The summed E-state index contributed by atoms with van der Waals surface area (Å²) < 4.78 is 5.36. The molecule has 13 heavy (non-hydrogen) atoms. The highest BCUT2D eigenvalue weighted by molar-refractivity contribution is 5.82. The van der Waals surface area contributed by atoms with Gasteiger partial charge in [-0.2, -0.15) is 0 Å². The lowest BCUT2D eigenvalue weighted by atomic mass is 10.1. The summed E-state index contributed by atoms with van der Waals surface area (Å²) in [4.78, 5) is 0. The first-order valence-corrected chi connectivity index (χ1v) is 4.44. The smallest absolute Gasteiger partial charge is 0.127 e. The van der Waals surface area contributed by atoms with Crippen LogP contribution in [0.2, 0.25) is 0 Å². The maximum Gasteiger partial charge on any atom is 0.127 e. The summed E-state index contributed by atoms with van der Waals surface area (Å²) in [5, 5.41) is 2.31. The van der Waals surface area contributed by atoms with Gasteiger partial charge in [-0.1, -0.05) is 30.3 Å². The highest BCUT2D eigenvalue weighted by Crippen LogP contribution is 2.19. The third-order valence-corrected chi connectivity index (χ3v) is 1.93. The lowest BCUT2D eigenvalue weighted by Crippen LogP contribution is -1.90. The second-order valence-electron chi connectivity index (χ2n) is 2.84. The molecule has 2 aromatic rings. The first kappa shape index (κ1) is 8.11. The summed E-state index contributed by atoms with van der Waals surface area (Å²) in [6.07, 6.45) is 0. The van der Waals surface area contributed by atoms with Gasteiger partial charge in [0.05, 0.1) is 6.61 Å². The minimum atomic E-state index is 0.689. The van der Waals surface area contributed by atoms with Gasteiger partial charge in [0, 0.05) is 6.07 Å². The first-order chi connectivity index (χ1) is 6.40. The van der Waals surface area contributed by atoms with Gasteiger partial charge in [-0.05, 0) is 23.8 Å². The van der Waals surface area contributed by atoms with E-state index in [0.29, 0.717) is 6.61 Å². The van der Waals surface area contributed by atoms with Gasteiger partial charge >= 0.3 is 0 Å². The molecule has 0 aromatic heterocycles. The fourth-order valence-electron chi connectivity index (χ4n) is 1.34. The summed E-state index contributed by atoms with van der Waals surface area (Å²) in [5.41, 5.74) is 0. The van der Waals surface area contributed by atoms with E-state index in [2.05, 4.69) is 18.2 Å². The molecule has 0 aliphatic heterocycles. The van der Waals surface area contributed by atoms with Crippen LogP contribution in [-0.2, 0) is 0 Å². The van der Waals surface area contributed by atoms with Crippen molar-refractivity contribution in [2.24, 2.45) is 0 Å². The minimum Gasteiger partial charge on any atom is -0.493 e. The second-order valence-corrected chi connectivity index (χ2v) is 2.84. The van der Waals surface area contributed by atoms with E-state index < -0.39 is 0 Å². The van der Waals surface area contributed by atoms with Crippen molar-refractivity contribution in [3.8, 4) is 5.75 Å². The molecule has 2 rings (SSSR count). The van der Waals surface area contributed by atoms with Gasteiger partial charge in [-0.3, -0.25) is 0 Å². The highest BCUT2D eigenvalue weighted by atomic mass is 16.5. The molecular weight excluding hydrogens is 160 g/mol. The standard InChI is InChI=1S/C12H11O/c1-2-13-12-8-7-10-5-3-4-6-11(10)9-12/h3-8H,2H2,1H3. The van der Waals surface area contributed by atoms with Crippen molar-refractivity contribution < 1.29 is 4.74 Å². The van der Waals surface area contributed by atoms with Gasteiger partial charge in [0.2, 0.25) is 0 Å². The minimum absolute atomic E-state index is 0.689. The van der Waals surface area contributed by atoms with E-state index in [0.717, 1.165) is 11.1 Å². The molecule has 1 heteroatoms. The summed E-state index contributed by atoms with van der Waals surface area (Å²) >= 11 is 0. The van der Waals surface area contributed by atoms with E-state index in [1.54, 1.807) is 0 Å². The fourth-order valence-corrected chi connectivity index (χ4v) is 1.34. The van der Waals surface area contributed by atoms with Crippen LogP contribution in [0, 0.1) is 6.07 Å². The Kier molecular flexibility index (Phi) is 2.17. The lowest BCUT2D eigenvalue weighted by molar-refractivity contribution is 0.340. The number of benzene rings is 2. The van der Waals surface area contributed by atoms with E-state index in [4.69, 9.17) is 4.74 Å². The second kappa shape index (κ2) is 3.48. The Morgan fingerprint density at radius 1 is 1.15 bits per heavy atom. The van der Waals surface area contributed by atoms with Gasteiger partial charge in [-0.25, -0.2) is 0 Å². The van der Waals surface area contributed by atoms with Crippen LogP contribution >= 0.6 is 0 Å². The molecule has 0 saturated carbocycles. The topological polar surface area (TPSA) is 9.23 Å². The summed E-state index contributed by atoms with van der Waals surface area (Å²) in [6.45, 7) is 2.66. The third-order valence-electron chi connectivity index (χ3n) is 1.93. The zero-order valence-electron chi connectivity index (χ0n) is 7.58. The molecule has 0 saturated heterocycles. The molecule has 0 spiro atoms. The molecule has 0 atom stereocenters. The molecule has 0 heterocycles. The van der Waals surface area contributed by atoms with Crippen LogP contribution in [-0.4, -0.2) is 6.61 Å². The van der Waals surface area contributed by atoms with Gasteiger partial charge in [0.15, 0.2) is 0 Å². The number of rotatable bonds is 2. The van der Waals surface area contributed by atoms with Crippen LogP contribution in [0.1, 0.15) is 6.92 Å². The molecule has 0 fully saturated rings. The molecular formula is C12H11O. The third kappa shape index (κ3) is 1.64. The Labute approximate surface area is 78.0 Å². The maximum absolute atomic E-state index is 5.36. The molecule has 2 aromatic carbocycles. The van der Waals surface area contributed by atoms with Gasteiger partial charge < -0.3 is 4.74 Å². The molecule has 0 amide bonds. The average molecular weight is 171 g/mol. The van der Waals surface area contributed by atoms with Crippen molar-refractivity contribution in [1.29, 1.82) is 0 Å². The Bertz CT molecular complexity index is 407. The van der Waals surface area contributed by atoms with Crippen molar-refractivity contribution in [3.63, 3.8) is 0 Å². The van der Waals surface area contributed by atoms with Crippen LogP contribution in [0.5, 0.6) is 5.75 Å². The van der Waals surface area contributed by atoms with Crippen LogP contribution in [0.25, 0.3) is 10.8 Å². The van der Waals surface area contributed by atoms with Crippen LogP contribution in [0.4, 0.5) is 0 Å². The Balaban J connectivity index is 2.49. The molecule has 0 aliphatic rings. The van der Waals surface area contributed by atoms with E-state index >= 15 is 0 Å². The molecule has 0 N–H and O–H groups in total. The van der Waals surface area contributed by atoms with E-state index in [9.17, 15) is 0 Å². The quantitative estimate of drug-likeness (QED) is 0.674. The van der Waals surface area contributed by atoms with E-state index in [-0.39, 0.29) is 0 Å². The summed E-state index contributed by atoms with van der Waals surface area (Å²) in [7, 11) is 0. The lowest BCUT2D eigenvalue weighted by Gasteiger charge is -2.03. The Hall–Kier alpha value is -1.50. The SMILES string of the molecule is CCOc1[c]c2ccccc2cc1. The van der Waals surface area contributed by atoms with Gasteiger partial charge in [-0.15, -0.1) is 0 Å². The number of hydrogen-bond acceptors (Lipinski definition) is 1. The van der Waals surface area contributed by atoms with Crippen molar-refractivity contribution in [2.75, 3.05) is 6.61 Å². The zero-order chi connectivity index (χ0) is 9.10. The predicted octanol–water partition coefficient (Wildman–Crippen LogP) is 3.04. The van der Waals surface area contributed by atoms with Crippen LogP contribution in [0.15, 0.2) is 36.4 Å². The average Bonchev–Trinajstić information content (AvgIpc) is 2.18. The predicted molar refractivity (Wildman–Crippen MR) is 54.0 cm³/mol. The monoisotopic (exact) mass is 171 g/mol. The van der Waals surface area contributed by atoms with Crippen molar-refractivity contribution in [3.05, 3.63) is 42.5 Å². The first-order valence-electron chi connectivity index (χ1n) is 4.44. The fraction of sp³-hybridized carbons (Fsp3) is 0.167. The zero-order valence-corrected chi connectivity index (χ0v) is 7.58. The van der Waals surface area contributed by atoms with Crippen LogP contribution < -0.4 is 4.74 Å². The van der Waals surface area contributed by atoms with Crippen molar-refractivity contribution in [1.82, 2.24) is 0 Å². The molecule has 1 radical (unpaired) electrons. The molecule has 65 valence electrons. The van der Waals surface area contributed by atoms with E-state index in [1.165, 1.54) is 5.39 Å². The molecule has 0 bridgehead atoms. The summed E-state index contributed by atoms with van der Waals surface area (Å²) in [5.74, 6) is 0.821. The van der Waals surface area contributed by atoms with Crippen LogP contribution in [0.3, 0.4) is 0 Å². The highest BCUT2D eigenvalue weighted by Gasteiger charge is 1.95. The van der Waals surface area contributed by atoms with Gasteiger partial charge in [0.25, 0.3) is 0 Å². The normalized spacial score (nSPS) is 10.2. The van der Waals surface area contributed by atoms with Crippen molar-refractivity contribution in [2.45, 2.75) is 6.92 Å². The molecule has 0 unspecified atom stereocenters. The largest absolute Gasteiger partial charge is 0.493 e. The number of fused-ring (bicyclic) bond motifs is 1. The molecule has 0 aliphatic carbocycles. The Morgan fingerprint density at radius 3 is 2.85 bits per heavy atom. The maximum atomic E-state index is 5.36. The molecule has 1 nitrogen and oxygen atoms in total.